The number of nitro benzene ring substituents is 1. The van der Waals surface area contributed by atoms with Crippen molar-refractivity contribution in [2.75, 3.05) is 20.3 Å². The van der Waals surface area contributed by atoms with E-state index >= 15 is 0 Å². The second-order valence-electron chi connectivity index (χ2n) is 10.2. The molecule has 2 aliphatic rings. The summed E-state index contributed by atoms with van der Waals surface area (Å²) in [5.41, 5.74) is 9.67. The van der Waals surface area contributed by atoms with E-state index in [1.165, 1.54) is 12.1 Å². The van der Waals surface area contributed by atoms with Gasteiger partial charge in [-0.1, -0.05) is 19.9 Å². The number of Topliss-reactive ketones (excluding diaryl/α,β-unsaturated/α-hetero) is 1. The maximum absolute atomic E-state index is 13.5. The van der Waals surface area contributed by atoms with Gasteiger partial charge in [-0.2, -0.15) is 5.26 Å². The first-order chi connectivity index (χ1) is 18.1. The van der Waals surface area contributed by atoms with E-state index < -0.39 is 10.8 Å². The predicted octanol–water partition coefficient (Wildman–Crippen LogP) is 5.32. The van der Waals surface area contributed by atoms with Crippen LogP contribution in [-0.2, 0) is 16.1 Å². The molecule has 2 N–H and O–H groups in total. The summed E-state index contributed by atoms with van der Waals surface area (Å²) in [5, 5.41) is 21.0. The number of methoxy groups -OCH3 is 1. The number of ether oxygens (including phenoxy) is 2. The Labute approximate surface area is 229 Å². The molecule has 0 saturated carbocycles. The first kappa shape index (κ1) is 27.4. The van der Waals surface area contributed by atoms with Gasteiger partial charge < -0.3 is 20.1 Å². The Kier molecular flexibility index (Phi) is 7.90. The third-order valence-electron chi connectivity index (χ3n) is 6.84. The van der Waals surface area contributed by atoms with E-state index in [1.54, 1.807) is 25.3 Å². The average Bonchev–Trinajstić information content (AvgIpc) is 2.86. The average molecular weight is 581 g/mol. The second-order valence-corrected chi connectivity index (χ2v) is 11.0. The molecule has 198 valence electrons. The molecule has 38 heavy (non-hydrogen) atoms. The first-order valence-corrected chi connectivity index (χ1v) is 12.9. The molecular formula is C28H29BrN4O5. The van der Waals surface area contributed by atoms with Crippen molar-refractivity contribution in [3.05, 3.63) is 90.8 Å². The molecule has 0 aromatic heterocycles. The minimum atomic E-state index is -0.586. The number of carbonyl (C=O) groups excluding carboxylic acids is 1. The van der Waals surface area contributed by atoms with E-state index in [-0.39, 0.29) is 23.5 Å². The Bertz CT molecular complexity index is 1370. The van der Waals surface area contributed by atoms with Gasteiger partial charge in [-0.05, 0) is 63.2 Å². The summed E-state index contributed by atoms with van der Waals surface area (Å²) in [6.07, 6.45) is 1.04. The van der Waals surface area contributed by atoms with E-state index in [9.17, 15) is 20.2 Å². The van der Waals surface area contributed by atoms with Gasteiger partial charge in [0.1, 0.15) is 18.2 Å². The first-order valence-electron chi connectivity index (χ1n) is 12.1. The Balaban J connectivity index is 1.67. The van der Waals surface area contributed by atoms with E-state index in [0.29, 0.717) is 53.2 Å². The number of non-ortho nitro benzene ring substituents is 1. The number of nitro groups is 1. The summed E-state index contributed by atoms with van der Waals surface area (Å²) in [6, 6.07) is 13.9. The number of ketones is 1. The van der Waals surface area contributed by atoms with Gasteiger partial charge in [0.25, 0.3) is 5.69 Å². The van der Waals surface area contributed by atoms with Gasteiger partial charge in [-0.15, -0.1) is 0 Å². The minimum absolute atomic E-state index is 0.0125. The fourth-order valence-electron chi connectivity index (χ4n) is 5.04. The molecule has 0 amide bonds. The van der Waals surface area contributed by atoms with Crippen LogP contribution in [0.15, 0.2) is 69.6 Å². The lowest BCUT2D eigenvalue weighted by Crippen LogP contribution is -2.43. The normalized spacial score (nSPS) is 18.8. The van der Waals surface area contributed by atoms with Crippen LogP contribution in [0.25, 0.3) is 0 Å². The number of rotatable bonds is 8. The monoisotopic (exact) mass is 580 g/mol. The van der Waals surface area contributed by atoms with Gasteiger partial charge in [0.2, 0.25) is 0 Å². The lowest BCUT2D eigenvalue weighted by molar-refractivity contribution is -0.384. The Hall–Kier alpha value is -3.68. The number of carbonyl (C=O) groups is 1. The predicted molar refractivity (Wildman–Crippen MR) is 145 cm³/mol. The number of hydrogen-bond acceptors (Lipinski definition) is 8. The highest BCUT2D eigenvalue weighted by Gasteiger charge is 2.44. The molecule has 0 radical (unpaired) electrons. The van der Waals surface area contributed by atoms with Crippen molar-refractivity contribution in [2.24, 2.45) is 11.1 Å². The molecule has 1 aliphatic heterocycles. The zero-order valence-corrected chi connectivity index (χ0v) is 23.1. The lowest BCUT2D eigenvalue weighted by atomic mass is 9.68. The van der Waals surface area contributed by atoms with E-state index in [2.05, 4.69) is 35.8 Å². The van der Waals surface area contributed by atoms with Crippen molar-refractivity contribution in [2.45, 2.75) is 39.2 Å². The van der Waals surface area contributed by atoms with Crippen LogP contribution in [0.1, 0.15) is 43.7 Å². The SMILES string of the molecule is COCCN1C(N)=C(C#N)[C@@H](c2ccc(OCc3ccc([N+](=O)[O-])cc3)c(Br)c2)C2=C1CC(C)(C)CC2=O. The summed E-state index contributed by atoms with van der Waals surface area (Å²) in [4.78, 5) is 25.8. The number of hydrogen-bond donors (Lipinski definition) is 1. The van der Waals surface area contributed by atoms with Crippen molar-refractivity contribution >= 4 is 27.4 Å². The van der Waals surface area contributed by atoms with E-state index in [1.807, 2.05) is 17.0 Å². The molecule has 0 fully saturated rings. The van der Waals surface area contributed by atoms with Crippen molar-refractivity contribution in [3.63, 3.8) is 0 Å². The fourth-order valence-corrected chi connectivity index (χ4v) is 5.55. The quantitative estimate of drug-likeness (QED) is 0.327. The van der Waals surface area contributed by atoms with E-state index in [4.69, 9.17) is 15.2 Å². The van der Waals surface area contributed by atoms with Crippen LogP contribution < -0.4 is 10.5 Å². The molecule has 1 heterocycles. The molecule has 2 aromatic rings. The van der Waals surface area contributed by atoms with Crippen LogP contribution in [0.4, 0.5) is 5.69 Å². The summed E-state index contributed by atoms with van der Waals surface area (Å²) in [6.45, 7) is 5.19. The molecule has 0 unspecified atom stereocenters. The maximum atomic E-state index is 13.5. The third kappa shape index (κ3) is 5.44. The summed E-state index contributed by atoms with van der Waals surface area (Å²) >= 11 is 3.57. The standard InChI is InChI=1S/C28H29BrN4O5/c1-28(2)13-22-26(23(34)14-28)25(20(15-30)27(31)32(22)10-11-37-3)18-6-9-24(21(29)12-18)38-16-17-4-7-19(8-5-17)33(35)36/h4-9,12,25H,10-11,13-14,16,31H2,1-3H3/t25-/m1/s1. The number of allylic oxidation sites excluding steroid dienone is 3. The van der Waals surface area contributed by atoms with E-state index in [0.717, 1.165) is 16.8 Å². The molecular weight excluding hydrogens is 552 g/mol. The summed E-state index contributed by atoms with van der Waals surface area (Å²) in [5.74, 6) is 0.328. The third-order valence-corrected chi connectivity index (χ3v) is 7.46. The highest BCUT2D eigenvalue weighted by Crippen LogP contribution is 2.49. The molecule has 1 aliphatic carbocycles. The lowest BCUT2D eigenvalue weighted by Gasteiger charge is -2.43. The highest BCUT2D eigenvalue weighted by atomic mass is 79.9. The van der Waals surface area contributed by atoms with Gasteiger partial charge in [-0.25, -0.2) is 0 Å². The number of nitriles is 1. The van der Waals surface area contributed by atoms with Crippen LogP contribution in [0, 0.1) is 26.9 Å². The van der Waals surface area contributed by atoms with Crippen molar-refractivity contribution in [1.29, 1.82) is 5.26 Å². The maximum Gasteiger partial charge on any atom is 0.269 e. The molecule has 0 bridgehead atoms. The zero-order chi connectivity index (χ0) is 27.6. The van der Waals surface area contributed by atoms with Gasteiger partial charge in [-0.3, -0.25) is 14.9 Å². The Morgan fingerprint density at radius 3 is 2.55 bits per heavy atom. The minimum Gasteiger partial charge on any atom is -0.488 e. The van der Waals surface area contributed by atoms with Crippen molar-refractivity contribution < 1.29 is 19.2 Å². The largest absolute Gasteiger partial charge is 0.488 e. The van der Waals surface area contributed by atoms with Gasteiger partial charge >= 0.3 is 0 Å². The summed E-state index contributed by atoms with van der Waals surface area (Å²) < 4.78 is 11.9. The number of halogens is 1. The van der Waals surface area contributed by atoms with Crippen LogP contribution in [0.5, 0.6) is 5.75 Å². The Morgan fingerprint density at radius 1 is 1.24 bits per heavy atom. The number of nitrogens with two attached hydrogens (primary N) is 1. The topological polar surface area (TPSA) is 132 Å². The molecule has 0 spiro atoms. The fraction of sp³-hybridized carbons (Fsp3) is 0.357. The molecule has 0 saturated heterocycles. The smallest absolute Gasteiger partial charge is 0.269 e. The molecule has 1 atom stereocenters. The van der Waals surface area contributed by atoms with Crippen LogP contribution in [0.3, 0.4) is 0 Å². The van der Waals surface area contributed by atoms with Gasteiger partial charge in [0, 0.05) is 43.5 Å². The molecule has 10 heteroatoms. The number of nitrogens with zero attached hydrogens (tertiary/aromatic N) is 3. The van der Waals surface area contributed by atoms with Crippen molar-refractivity contribution in [1.82, 2.24) is 4.90 Å². The van der Waals surface area contributed by atoms with Crippen LogP contribution in [-0.4, -0.2) is 35.9 Å². The Morgan fingerprint density at radius 2 is 1.95 bits per heavy atom. The zero-order valence-electron chi connectivity index (χ0n) is 21.5. The van der Waals surface area contributed by atoms with Gasteiger partial charge in [0.15, 0.2) is 5.78 Å². The highest BCUT2D eigenvalue weighted by molar-refractivity contribution is 9.10. The molecule has 4 rings (SSSR count). The van der Waals surface area contributed by atoms with Crippen LogP contribution in [0.2, 0.25) is 0 Å². The summed E-state index contributed by atoms with van der Waals surface area (Å²) in [7, 11) is 1.60. The molecule has 9 nitrogen and oxygen atoms in total. The number of benzene rings is 2. The second kappa shape index (κ2) is 11.0. The van der Waals surface area contributed by atoms with Crippen LogP contribution >= 0.6 is 15.9 Å². The van der Waals surface area contributed by atoms with Gasteiger partial charge in [0.05, 0.1) is 33.6 Å². The molecule has 2 aromatic carbocycles. The van der Waals surface area contributed by atoms with Crippen molar-refractivity contribution in [3.8, 4) is 11.8 Å².